The van der Waals surface area contributed by atoms with Crippen molar-refractivity contribution in [1.82, 2.24) is 14.9 Å². The molecule has 2 aromatic carbocycles. The molecular weight excluding hydrogens is 316 g/mol. The van der Waals surface area contributed by atoms with Gasteiger partial charge in [-0.05, 0) is 49.7 Å². The fourth-order valence-corrected chi connectivity index (χ4v) is 2.62. The fraction of sp³-hybridized carbons (Fsp3) is 0.263. The predicted molar refractivity (Wildman–Crippen MR) is 99.0 cm³/mol. The number of fused-ring (bicyclic) bond motifs is 1. The van der Waals surface area contributed by atoms with Crippen LogP contribution in [-0.4, -0.2) is 28.7 Å². The molecule has 0 atom stereocenters. The number of anilines is 1. The SMILES string of the molecule is CCOc1ccc(NC(=O)NCCCn2cnc3ccccc32)cc1. The van der Waals surface area contributed by atoms with E-state index in [1.54, 1.807) is 0 Å². The summed E-state index contributed by atoms with van der Waals surface area (Å²) in [6.45, 7) is 3.96. The maximum Gasteiger partial charge on any atom is 0.319 e. The zero-order valence-corrected chi connectivity index (χ0v) is 14.2. The molecule has 2 amide bonds. The number of carbonyl (C=O) groups is 1. The molecule has 6 nitrogen and oxygen atoms in total. The van der Waals surface area contributed by atoms with Crippen molar-refractivity contribution in [2.45, 2.75) is 19.9 Å². The molecule has 1 heterocycles. The molecule has 2 N–H and O–H groups in total. The topological polar surface area (TPSA) is 68.2 Å². The summed E-state index contributed by atoms with van der Waals surface area (Å²) in [6, 6.07) is 15.1. The molecule has 0 aliphatic carbocycles. The van der Waals surface area contributed by atoms with Crippen LogP contribution in [0.1, 0.15) is 13.3 Å². The fourth-order valence-electron chi connectivity index (χ4n) is 2.62. The van der Waals surface area contributed by atoms with Gasteiger partial charge in [-0.3, -0.25) is 0 Å². The monoisotopic (exact) mass is 338 g/mol. The molecule has 0 unspecified atom stereocenters. The van der Waals surface area contributed by atoms with E-state index >= 15 is 0 Å². The number of nitrogens with one attached hydrogen (secondary N) is 2. The Kier molecular flexibility index (Phi) is 5.51. The van der Waals surface area contributed by atoms with Gasteiger partial charge in [0.15, 0.2) is 0 Å². The second kappa shape index (κ2) is 8.19. The molecule has 0 spiro atoms. The third-order valence-corrected chi connectivity index (χ3v) is 3.81. The van der Waals surface area contributed by atoms with Crippen molar-refractivity contribution in [3.05, 3.63) is 54.9 Å². The Morgan fingerprint density at radius 2 is 1.96 bits per heavy atom. The number of aryl methyl sites for hydroxylation is 1. The number of imidazole rings is 1. The van der Waals surface area contributed by atoms with E-state index in [2.05, 4.69) is 20.2 Å². The first-order valence-corrected chi connectivity index (χ1v) is 8.44. The van der Waals surface area contributed by atoms with Gasteiger partial charge in [-0.2, -0.15) is 0 Å². The van der Waals surface area contributed by atoms with Crippen molar-refractivity contribution in [3.63, 3.8) is 0 Å². The lowest BCUT2D eigenvalue weighted by Crippen LogP contribution is -2.30. The van der Waals surface area contributed by atoms with E-state index in [9.17, 15) is 4.79 Å². The highest BCUT2D eigenvalue weighted by Gasteiger charge is 2.03. The molecule has 3 aromatic rings. The van der Waals surface area contributed by atoms with Crippen LogP contribution < -0.4 is 15.4 Å². The van der Waals surface area contributed by atoms with Crippen molar-refractivity contribution < 1.29 is 9.53 Å². The number of ether oxygens (including phenoxy) is 1. The molecule has 3 rings (SSSR count). The van der Waals surface area contributed by atoms with Gasteiger partial charge in [0.2, 0.25) is 0 Å². The van der Waals surface area contributed by atoms with Gasteiger partial charge < -0.3 is 19.9 Å². The number of nitrogens with zero attached hydrogens (tertiary/aromatic N) is 2. The third-order valence-electron chi connectivity index (χ3n) is 3.81. The number of amides is 2. The van der Waals surface area contributed by atoms with Crippen molar-refractivity contribution >= 4 is 22.8 Å². The van der Waals surface area contributed by atoms with E-state index in [1.165, 1.54) is 0 Å². The molecule has 6 heteroatoms. The maximum absolute atomic E-state index is 11.9. The average molecular weight is 338 g/mol. The standard InChI is InChI=1S/C19H22N4O2/c1-2-25-16-10-8-15(9-11-16)22-19(24)20-12-5-13-23-14-21-17-6-3-4-7-18(17)23/h3-4,6-11,14H,2,5,12-13H2,1H3,(H2,20,22,24). The Labute approximate surface area is 146 Å². The molecule has 0 saturated carbocycles. The molecular formula is C19H22N4O2. The van der Waals surface area contributed by atoms with Crippen LogP contribution in [-0.2, 0) is 6.54 Å². The Bertz CT molecular complexity index is 827. The largest absolute Gasteiger partial charge is 0.494 e. The van der Waals surface area contributed by atoms with Crippen molar-refractivity contribution in [1.29, 1.82) is 0 Å². The Balaban J connectivity index is 1.42. The minimum atomic E-state index is -0.209. The van der Waals surface area contributed by atoms with E-state index < -0.39 is 0 Å². The molecule has 0 fully saturated rings. The predicted octanol–water partition coefficient (Wildman–Crippen LogP) is 3.65. The smallest absolute Gasteiger partial charge is 0.319 e. The molecule has 0 radical (unpaired) electrons. The molecule has 0 saturated heterocycles. The van der Waals surface area contributed by atoms with Crippen molar-refractivity contribution in [3.8, 4) is 5.75 Å². The number of hydrogen-bond acceptors (Lipinski definition) is 3. The lowest BCUT2D eigenvalue weighted by atomic mass is 10.3. The zero-order chi connectivity index (χ0) is 17.5. The van der Waals surface area contributed by atoms with Gasteiger partial charge in [0.25, 0.3) is 0 Å². The maximum atomic E-state index is 11.9. The Morgan fingerprint density at radius 3 is 2.76 bits per heavy atom. The minimum Gasteiger partial charge on any atom is -0.494 e. The second-order valence-corrected chi connectivity index (χ2v) is 5.62. The molecule has 1 aromatic heterocycles. The summed E-state index contributed by atoms with van der Waals surface area (Å²) >= 11 is 0. The first-order chi connectivity index (χ1) is 12.3. The van der Waals surface area contributed by atoms with E-state index in [-0.39, 0.29) is 6.03 Å². The molecule has 25 heavy (non-hydrogen) atoms. The van der Waals surface area contributed by atoms with Gasteiger partial charge in [0.1, 0.15) is 5.75 Å². The summed E-state index contributed by atoms with van der Waals surface area (Å²) in [5.41, 5.74) is 2.84. The first kappa shape index (κ1) is 16.8. The summed E-state index contributed by atoms with van der Waals surface area (Å²) in [7, 11) is 0. The quantitative estimate of drug-likeness (QED) is 0.646. The van der Waals surface area contributed by atoms with Crippen LogP contribution in [0.3, 0.4) is 0 Å². The van der Waals surface area contributed by atoms with Crippen molar-refractivity contribution in [2.75, 3.05) is 18.5 Å². The van der Waals surface area contributed by atoms with Crippen LogP contribution in [0, 0.1) is 0 Å². The van der Waals surface area contributed by atoms with Gasteiger partial charge in [-0.1, -0.05) is 12.1 Å². The highest BCUT2D eigenvalue weighted by atomic mass is 16.5. The van der Waals surface area contributed by atoms with Crippen LogP contribution in [0.4, 0.5) is 10.5 Å². The first-order valence-electron chi connectivity index (χ1n) is 8.44. The van der Waals surface area contributed by atoms with E-state index in [1.807, 2.05) is 61.8 Å². The van der Waals surface area contributed by atoms with E-state index in [0.29, 0.717) is 13.2 Å². The summed E-state index contributed by atoms with van der Waals surface area (Å²) < 4.78 is 7.47. The number of aromatic nitrogens is 2. The van der Waals surface area contributed by atoms with Crippen LogP contribution in [0.25, 0.3) is 11.0 Å². The summed E-state index contributed by atoms with van der Waals surface area (Å²) in [5, 5.41) is 5.68. The molecule has 0 aliphatic heterocycles. The van der Waals surface area contributed by atoms with Crippen LogP contribution in [0.2, 0.25) is 0 Å². The van der Waals surface area contributed by atoms with Gasteiger partial charge >= 0.3 is 6.03 Å². The number of hydrogen-bond donors (Lipinski definition) is 2. The van der Waals surface area contributed by atoms with Gasteiger partial charge in [-0.15, -0.1) is 0 Å². The summed E-state index contributed by atoms with van der Waals surface area (Å²) in [6.07, 6.45) is 2.67. The third kappa shape index (κ3) is 4.50. The zero-order valence-electron chi connectivity index (χ0n) is 14.2. The van der Waals surface area contributed by atoms with E-state index in [4.69, 9.17) is 4.74 Å². The van der Waals surface area contributed by atoms with Crippen LogP contribution >= 0.6 is 0 Å². The number of urea groups is 1. The highest BCUT2D eigenvalue weighted by Crippen LogP contribution is 2.15. The number of carbonyl (C=O) groups excluding carboxylic acids is 1. The Hall–Kier alpha value is -3.02. The lowest BCUT2D eigenvalue weighted by Gasteiger charge is -2.09. The van der Waals surface area contributed by atoms with Gasteiger partial charge in [-0.25, -0.2) is 9.78 Å². The molecule has 0 aliphatic rings. The minimum absolute atomic E-state index is 0.209. The van der Waals surface area contributed by atoms with Crippen LogP contribution in [0.5, 0.6) is 5.75 Å². The normalized spacial score (nSPS) is 10.6. The number of para-hydroxylation sites is 2. The Morgan fingerprint density at radius 1 is 1.16 bits per heavy atom. The summed E-state index contributed by atoms with van der Waals surface area (Å²) in [5.74, 6) is 0.793. The lowest BCUT2D eigenvalue weighted by molar-refractivity contribution is 0.252. The van der Waals surface area contributed by atoms with Gasteiger partial charge in [0, 0.05) is 18.8 Å². The number of rotatable bonds is 7. The molecule has 130 valence electrons. The second-order valence-electron chi connectivity index (χ2n) is 5.62. The average Bonchev–Trinajstić information content (AvgIpc) is 3.04. The highest BCUT2D eigenvalue weighted by molar-refractivity contribution is 5.89. The van der Waals surface area contributed by atoms with E-state index in [0.717, 1.165) is 35.4 Å². The van der Waals surface area contributed by atoms with Gasteiger partial charge in [0.05, 0.1) is 24.0 Å². The van der Waals surface area contributed by atoms with Crippen LogP contribution in [0.15, 0.2) is 54.9 Å². The van der Waals surface area contributed by atoms with Crippen molar-refractivity contribution in [2.24, 2.45) is 0 Å². The summed E-state index contributed by atoms with van der Waals surface area (Å²) in [4.78, 5) is 16.3. The molecule has 0 bridgehead atoms. The number of benzene rings is 2.